The summed E-state index contributed by atoms with van der Waals surface area (Å²) in [6.45, 7) is 3.17. The first-order chi connectivity index (χ1) is 14.1. The highest BCUT2D eigenvalue weighted by Gasteiger charge is 2.32. The third kappa shape index (κ3) is 5.19. The molecule has 2 aromatic rings. The van der Waals surface area contributed by atoms with Crippen molar-refractivity contribution in [2.24, 2.45) is 0 Å². The SMILES string of the molecule is CCOc1ccc(OCCCC(=O)N2C[C@H](C(=O)NC)Oc3ccccc32)cc1. The first kappa shape index (κ1) is 20.5. The molecule has 3 rings (SSSR count). The van der Waals surface area contributed by atoms with Crippen molar-refractivity contribution in [1.29, 1.82) is 0 Å². The van der Waals surface area contributed by atoms with Crippen LogP contribution >= 0.6 is 0 Å². The Hall–Kier alpha value is -3.22. The van der Waals surface area contributed by atoms with Gasteiger partial charge in [-0.1, -0.05) is 12.1 Å². The van der Waals surface area contributed by atoms with Crippen molar-refractivity contribution in [1.82, 2.24) is 5.32 Å². The van der Waals surface area contributed by atoms with Gasteiger partial charge in [0.15, 0.2) is 6.10 Å². The van der Waals surface area contributed by atoms with Crippen LogP contribution in [0.2, 0.25) is 0 Å². The molecule has 7 nitrogen and oxygen atoms in total. The van der Waals surface area contributed by atoms with Crippen LogP contribution in [0.25, 0.3) is 0 Å². The lowest BCUT2D eigenvalue weighted by molar-refractivity contribution is -0.128. The van der Waals surface area contributed by atoms with Crippen molar-refractivity contribution in [2.75, 3.05) is 31.7 Å². The van der Waals surface area contributed by atoms with Gasteiger partial charge < -0.3 is 24.4 Å². The summed E-state index contributed by atoms with van der Waals surface area (Å²) in [5, 5.41) is 2.58. The quantitative estimate of drug-likeness (QED) is 0.692. The van der Waals surface area contributed by atoms with Crippen molar-refractivity contribution in [3.63, 3.8) is 0 Å². The van der Waals surface area contributed by atoms with Crippen LogP contribution in [0.3, 0.4) is 0 Å². The molecule has 1 N–H and O–H groups in total. The van der Waals surface area contributed by atoms with E-state index in [4.69, 9.17) is 14.2 Å². The third-order valence-corrected chi connectivity index (χ3v) is 4.55. The number of fused-ring (bicyclic) bond motifs is 1. The van der Waals surface area contributed by atoms with Gasteiger partial charge in [-0.05, 0) is 49.7 Å². The molecule has 0 unspecified atom stereocenters. The fourth-order valence-electron chi connectivity index (χ4n) is 3.12. The summed E-state index contributed by atoms with van der Waals surface area (Å²) in [5.74, 6) is 1.75. The molecule has 1 aliphatic rings. The van der Waals surface area contributed by atoms with Crippen LogP contribution in [-0.4, -0.2) is 44.7 Å². The number of carbonyl (C=O) groups is 2. The van der Waals surface area contributed by atoms with Gasteiger partial charge in [0.25, 0.3) is 5.91 Å². The standard InChI is InChI=1S/C22H26N2O5/c1-3-27-16-10-12-17(13-11-16)28-14-6-9-21(25)24-15-20(22(26)23-2)29-19-8-5-4-7-18(19)24/h4-5,7-8,10-13,20H,3,6,9,14-15H2,1-2H3,(H,23,26)/t20-/m1/s1. The van der Waals surface area contributed by atoms with E-state index in [0.717, 1.165) is 11.5 Å². The van der Waals surface area contributed by atoms with Gasteiger partial charge in [0.05, 0.1) is 25.4 Å². The molecule has 0 fully saturated rings. The lowest BCUT2D eigenvalue weighted by Crippen LogP contribution is -2.50. The average molecular weight is 398 g/mol. The Balaban J connectivity index is 1.54. The highest BCUT2D eigenvalue weighted by atomic mass is 16.5. The van der Waals surface area contributed by atoms with Crippen LogP contribution in [0.15, 0.2) is 48.5 Å². The maximum Gasteiger partial charge on any atom is 0.262 e. The van der Waals surface area contributed by atoms with Crippen molar-refractivity contribution < 1.29 is 23.8 Å². The average Bonchev–Trinajstić information content (AvgIpc) is 2.76. The molecule has 2 aromatic carbocycles. The number of carbonyl (C=O) groups excluding carboxylic acids is 2. The first-order valence-electron chi connectivity index (χ1n) is 9.75. The summed E-state index contributed by atoms with van der Waals surface area (Å²) >= 11 is 0. The number of nitrogens with zero attached hydrogens (tertiary/aromatic N) is 1. The number of amides is 2. The molecule has 0 bridgehead atoms. The summed E-state index contributed by atoms with van der Waals surface area (Å²) in [5.41, 5.74) is 0.685. The summed E-state index contributed by atoms with van der Waals surface area (Å²) in [7, 11) is 1.55. The Morgan fingerprint density at radius 1 is 1.10 bits per heavy atom. The number of nitrogens with one attached hydrogen (secondary N) is 1. The number of para-hydroxylation sites is 2. The van der Waals surface area contributed by atoms with Crippen LogP contribution in [-0.2, 0) is 9.59 Å². The molecule has 154 valence electrons. The minimum atomic E-state index is -0.723. The van der Waals surface area contributed by atoms with Gasteiger partial charge in [0, 0.05) is 13.5 Å². The smallest absolute Gasteiger partial charge is 0.262 e. The van der Waals surface area contributed by atoms with Gasteiger partial charge in [0.2, 0.25) is 5.91 Å². The lowest BCUT2D eigenvalue weighted by Gasteiger charge is -2.34. The predicted octanol–water partition coefficient (Wildman–Crippen LogP) is 2.78. The van der Waals surface area contributed by atoms with Gasteiger partial charge >= 0.3 is 0 Å². The normalized spacial score (nSPS) is 15.1. The molecule has 0 spiro atoms. The van der Waals surface area contributed by atoms with Crippen molar-refractivity contribution in [2.45, 2.75) is 25.9 Å². The number of rotatable bonds is 8. The molecular formula is C22H26N2O5. The molecule has 7 heteroatoms. The monoisotopic (exact) mass is 398 g/mol. The number of hydrogen-bond acceptors (Lipinski definition) is 5. The number of ether oxygens (including phenoxy) is 3. The van der Waals surface area contributed by atoms with E-state index in [1.165, 1.54) is 0 Å². The lowest BCUT2D eigenvalue weighted by atomic mass is 10.1. The van der Waals surface area contributed by atoms with Gasteiger partial charge in [-0.25, -0.2) is 0 Å². The zero-order valence-electron chi connectivity index (χ0n) is 16.7. The third-order valence-electron chi connectivity index (χ3n) is 4.55. The van der Waals surface area contributed by atoms with E-state index in [9.17, 15) is 9.59 Å². The Morgan fingerprint density at radius 2 is 1.79 bits per heavy atom. The second-order valence-corrected chi connectivity index (χ2v) is 6.55. The van der Waals surface area contributed by atoms with Crippen LogP contribution < -0.4 is 24.4 Å². The minimum Gasteiger partial charge on any atom is -0.494 e. The van der Waals surface area contributed by atoms with E-state index in [0.29, 0.717) is 37.5 Å². The molecule has 0 radical (unpaired) electrons. The summed E-state index contributed by atoms with van der Waals surface area (Å²) in [6, 6.07) is 14.7. The second-order valence-electron chi connectivity index (χ2n) is 6.55. The van der Waals surface area contributed by atoms with Crippen molar-refractivity contribution in [3.8, 4) is 17.2 Å². The van der Waals surface area contributed by atoms with Gasteiger partial charge in [-0.15, -0.1) is 0 Å². The Kier molecular flexibility index (Phi) is 6.94. The second kappa shape index (κ2) is 9.82. The highest BCUT2D eigenvalue weighted by Crippen LogP contribution is 2.33. The van der Waals surface area contributed by atoms with Crippen molar-refractivity contribution >= 4 is 17.5 Å². The molecule has 0 saturated heterocycles. The minimum absolute atomic E-state index is 0.0649. The molecule has 1 atom stereocenters. The van der Waals surface area contributed by atoms with E-state index < -0.39 is 6.10 Å². The Labute approximate surface area is 170 Å². The Bertz CT molecular complexity index is 837. The molecule has 0 aromatic heterocycles. The van der Waals surface area contributed by atoms with Crippen LogP contribution in [0.1, 0.15) is 19.8 Å². The van der Waals surface area contributed by atoms with E-state index in [1.54, 1.807) is 18.0 Å². The molecule has 29 heavy (non-hydrogen) atoms. The van der Waals surface area contributed by atoms with Crippen molar-refractivity contribution in [3.05, 3.63) is 48.5 Å². The number of anilines is 1. The number of likely N-dealkylation sites (N-methyl/N-ethyl adjacent to an activating group) is 1. The molecule has 1 aliphatic heterocycles. The number of hydrogen-bond donors (Lipinski definition) is 1. The fraction of sp³-hybridized carbons (Fsp3) is 0.364. The maximum absolute atomic E-state index is 12.8. The molecular weight excluding hydrogens is 372 g/mol. The maximum atomic E-state index is 12.8. The van der Waals surface area contributed by atoms with Gasteiger partial charge in [0.1, 0.15) is 17.2 Å². The predicted molar refractivity (Wildman–Crippen MR) is 110 cm³/mol. The van der Waals surface area contributed by atoms with Crippen LogP contribution in [0.4, 0.5) is 5.69 Å². The van der Waals surface area contributed by atoms with E-state index in [2.05, 4.69) is 5.32 Å². The summed E-state index contributed by atoms with van der Waals surface area (Å²) in [4.78, 5) is 26.5. The zero-order chi connectivity index (χ0) is 20.6. The fourth-order valence-corrected chi connectivity index (χ4v) is 3.12. The van der Waals surface area contributed by atoms with E-state index in [-0.39, 0.29) is 18.4 Å². The van der Waals surface area contributed by atoms with Gasteiger partial charge in [-0.3, -0.25) is 9.59 Å². The Morgan fingerprint density at radius 3 is 2.48 bits per heavy atom. The molecule has 2 amide bonds. The van der Waals surface area contributed by atoms with Crippen LogP contribution in [0.5, 0.6) is 17.2 Å². The van der Waals surface area contributed by atoms with E-state index >= 15 is 0 Å². The van der Waals surface area contributed by atoms with E-state index in [1.807, 2.05) is 49.4 Å². The molecule has 1 heterocycles. The number of benzene rings is 2. The molecule has 0 aliphatic carbocycles. The summed E-state index contributed by atoms with van der Waals surface area (Å²) in [6.07, 6.45) is 0.154. The van der Waals surface area contributed by atoms with Crippen LogP contribution in [0, 0.1) is 0 Å². The largest absolute Gasteiger partial charge is 0.494 e. The topological polar surface area (TPSA) is 77.1 Å². The summed E-state index contributed by atoms with van der Waals surface area (Å²) < 4.78 is 16.8. The molecule has 0 saturated carbocycles. The first-order valence-corrected chi connectivity index (χ1v) is 9.75. The zero-order valence-corrected chi connectivity index (χ0v) is 16.7. The highest BCUT2D eigenvalue weighted by molar-refractivity contribution is 5.97. The van der Waals surface area contributed by atoms with Gasteiger partial charge in [-0.2, -0.15) is 0 Å².